The number of carbonyl (C=O) groups excluding carboxylic acids is 2. The van der Waals surface area contributed by atoms with Gasteiger partial charge in [-0.05, 0) is 37.0 Å². The first-order valence-electron chi connectivity index (χ1n) is 9.08. The molecule has 0 aliphatic carbocycles. The van der Waals surface area contributed by atoms with Crippen LogP contribution < -0.4 is 5.32 Å². The maximum Gasteiger partial charge on any atom is 0.317 e. The zero-order chi connectivity index (χ0) is 19.6. The Morgan fingerprint density at radius 1 is 1.37 bits per heavy atom. The van der Waals surface area contributed by atoms with E-state index in [1.165, 1.54) is 6.07 Å². The number of benzene rings is 1. The molecule has 0 spiro atoms. The maximum atomic E-state index is 13.9. The molecular weight excluding hydrogens is 371 g/mol. The summed E-state index contributed by atoms with van der Waals surface area (Å²) in [6.07, 6.45) is 3.89. The van der Waals surface area contributed by atoms with E-state index in [0.29, 0.717) is 36.6 Å². The number of hydrogen-bond donors (Lipinski definition) is 2. The number of urea groups is 1. The maximum absolute atomic E-state index is 13.9. The lowest BCUT2D eigenvalue weighted by Crippen LogP contribution is -2.49. The number of H-pyrrole nitrogens is 1. The predicted octanol–water partition coefficient (Wildman–Crippen LogP) is 3.16. The fourth-order valence-corrected chi connectivity index (χ4v) is 3.75. The van der Waals surface area contributed by atoms with E-state index in [-0.39, 0.29) is 23.8 Å². The summed E-state index contributed by atoms with van der Waals surface area (Å²) >= 11 is 5.94. The summed E-state index contributed by atoms with van der Waals surface area (Å²) in [4.78, 5) is 30.2. The van der Waals surface area contributed by atoms with Crippen LogP contribution in [0.1, 0.15) is 25.3 Å². The van der Waals surface area contributed by atoms with Crippen LogP contribution in [0.15, 0.2) is 18.3 Å². The molecule has 3 amide bonds. The van der Waals surface area contributed by atoms with E-state index in [2.05, 4.69) is 10.3 Å². The third-order valence-electron chi connectivity index (χ3n) is 5.26. The van der Waals surface area contributed by atoms with E-state index in [1.54, 1.807) is 36.0 Å². The highest BCUT2D eigenvalue weighted by Gasteiger charge is 2.26. The van der Waals surface area contributed by atoms with E-state index < -0.39 is 0 Å². The number of nitrogens with zero attached hydrogens (tertiary/aromatic N) is 2. The summed E-state index contributed by atoms with van der Waals surface area (Å²) in [5.41, 5.74) is 1.34. The topological polar surface area (TPSA) is 68.4 Å². The summed E-state index contributed by atoms with van der Waals surface area (Å²) < 4.78 is 13.9. The Morgan fingerprint density at radius 2 is 2.07 bits per heavy atom. The first-order valence-corrected chi connectivity index (χ1v) is 9.45. The number of halogens is 2. The van der Waals surface area contributed by atoms with Gasteiger partial charge in [0, 0.05) is 56.3 Å². The lowest BCUT2D eigenvalue weighted by atomic mass is 10.0. The van der Waals surface area contributed by atoms with Crippen molar-refractivity contribution >= 4 is 34.4 Å². The van der Waals surface area contributed by atoms with Crippen LogP contribution in [0.25, 0.3) is 10.9 Å². The van der Waals surface area contributed by atoms with Gasteiger partial charge in [-0.3, -0.25) is 4.79 Å². The molecule has 1 aromatic heterocycles. The van der Waals surface area contributed by atoms with Crippen molar-refractivity contribution in [3.8, 4) is 0 Å². The van der Waals surface area contributed by atoms with Gasteiger partial charge in [0.1, 0.15) is 5.82 Å². The van der Waals surface area contributed by atoms with E-state index in [1.807, 2.05) is 0 Å². The van der Waals surface area contributed by atoms with Gasteiger partial charge in [0.25, 0.3) is 0 Å². The summed E-state index contributed by atoms with van der Waals surface area (Å²) in [6, 6.07) is 3.09. The first-order chi connectivity index (χ1) is 12.9. The molecule has 27 heavy (non-hydrogen) atoms. The van der Waals surface area contributed by atoms with E-state index >= 15 is 0 Å². The van der Waals surface area contributed by atoms with Crippen molar-refractivity contribution in [2.45, 2.75) is 32.2 Å². The number of amides is 3. The van der Waals surface area contributed by atoms with Crippen LogP contribution in [-0.4, -0.2) is 59.4 Å². The molecule has 1 aromatic carbocycles. The molecule has 1 aliphatic heterocycles. The molecule has 1 aliphatic rings. The molecular formula is C19H24ClFN4O2. The number of piperidine rings is 1. The first kappa shape index (κ1) is 19.5. The van der Waals surface area contributed by atoms with Crippen LogP contribution in [-0.2, 0) is 11.2 Å². The zero-order valence-corrected chi connectivity index (χ0v) is 16.3. The number of nitrogens with one attached hydrogen (secondary N) is 2. The Hall–Kier alpha value is -2.28. The Labute approximate surface area is 162 Å². The van der Waals surface area contributed by atoms with Crippen LogP contribution in [0.3, 0.4) is 0 Å². The largest absolute Gasteiger partial charge is 0.359 e. The lowest BCUT2D eigenvalue weighted by Gasteiger charge is -2.36. The van der Waals surface area contributed by atoms with Crippen LogP contribution >= 0.6 is 11.6 Å². The molecule has 8 heteroatoms. The summed E-state index contributed by atoms with van der Waals surface area (Å²) in [6.45, 7) is 3.26. The molecule has 2 N–H and O–H groups in total. The van der Waals surface area contributed by atoms with Gasteiger partial charge in [0.2, 0.25) is 5.91 Å². The van der Waals surface area contributed by atoms with E-state index in [4.69, 9.17) is 11.6 Å². The minimum Gasteiger partial charge on any atom is -0.359 e. The normalized spacial score (nSPS) is 15.2. The number of aromatic amines is 1. The number of fused-ring (bicyclic) bond motifs is 1. The second-order valence-electron chi connectivity index (χ2n) is 6.95. The monoisotopic (exact) mass is 394 g/mol. The Kier molecular flexibility index (Phi) is 5.89. The van der Waals surface area contributed by atoms with Crippen LogP contribution in [0, 0.1) is 5.82 Å². The molecule has 3 rings (SSSR count). The smallest absolute Gasteiger partial charge is 0.317 e. The third kappa shape index (κ3) is 4.35. The van der Waals surface area contributed by atoms with E-state index in [0.717, 1.165) is 23.8 Å². The van der Waals surface area contributed by atoms with Gasteiger partial charge < -0.3 is 20.1 Å². The number of aromatic nitrogens is 1. The van der Waals surface area contributed by atoms with Crippen LogP contribution in [0.5, 0.6) is 0 Å². The second kappa shape index (κ2) is 8.17. The van der Waals surface area contributed by atoms with Gasteiger partial charge in [-0.1, -0.05) is 11.6 Å². The molecule has 6 nitrogen and oxygen atoms in total. The van der Waals surface area contributed by atoms with Crippen molar-refractivity contribution < 1.29 is 14.0 Å². The Bertz CT molecular complexity index is 846. The van der Waals surface area contributed by atoms with Crippen molar-refractivity contribution in [3.63, 3.8) is 0 Å². The molecule has 2 aromatic rings. The van der Waals surface area contributed by atoms with Crippen LogP contribution in [0.4, 0.5) is 9.18 Å². The van der Waals surface area contributed by atoms with Gasteiger partial charge >= 0.3 is 6.03 Å². The highest BCUT2D eigenvalue weighted by molar-refractivity contribution is 6.31. The highest BCUT2D eigenvalue weighted by Crippen LogP contribution is 2.25. The van der Waals surface area contributed by atoms with Crippen molar-refractivity contribution in [1.82, 2.24) is 20.1 Å². The van der Waals surface area contributed by atoms with Crippen molar-refractivity contribution in [2.75, 3.05) is 26.7 Å². The van der Waals surface area contributed by atoms with Crippen molar-refractivity contribution in [2.24, 2.45) is 0 Å². The summed E-state index contributed by atoms with van der Waals surface area (Å²) in [5, 5.41) is 4.01. The standard InChI is InChI=1S/C19H24ClFN4O2/c1-12(26)24(2)15-4-7-25(8-5-15)19(27)22-6-3-13-11-23-18-16(13)9-14(20)10-17(18)21/h9-11,15,23H,3-8H2,1-2H3,(H,22,27). The molecule has 146 valence electrons. The molecule has 0 bridgehead atoms. The molecule has 1 fully saturated rings. The fraction of sp³-hybridized carbons (Fsp3) is 0.474. The molecule has 1 saturated heterocycles. The SMILES string of the molecule is CC(=O)N(C)C1CCN(C(=O)NCCc2c[nH]c3c(F)cc(Cl)cc23)CC1. The Morgan fingerprint density at radius 3 is 2.74 bits per heavy atom. The highest BCUT2D eigenvalue weighted by atomic mass is 35.5. The van der Waals surface area contributed by atoms with Gasteiger partial charge in [-0.2, -0.15) is 0 Å². The average molecular weight is 395 g/mol. The number of likely N-dealkylation sites (tertiary alicyclic amines) is 1. The molecule has 2 heterocycles. The van der Waals surface area contributed by atoms with Crippen molar-refractivity contribution in [1.29, 1.82) is 0 Å². The molecule has 0 radical (unpaired) electrons. The number of hydrogen-bond acceptors (Lipinski definition) is 2. The quantitative estimate of drug-likeness (QED) is 0.836. The summed E-state index contributed by atoms with van der Waals surface area (Å²) in [7, 11) is 1.80. The lowest BCUT2D eigenvalue weighted by molar-refractivity contribution is -0.130. The van der Waals surface area contributed by atoms with E-state index in [9.17, 15) is 14.0 Å². The second-order valence-corrected chi connectivity index (χ2v) is 7.39. The number of rotatable bonds is 4. The zero-order valence-electron chi connectivity index (χ0n) is 15.5. The molecule has 0 atom stereocenters. The Balaban J connectivity index is 1.50. The molecule has 0 unspecified atom stereocenters. The number of carbonyl (C=O) groups is 2. The van der Waals surface area contributed by atoms with Gasteiger partial charge in [0.15, 0.2) is 0 Å². The van der Waals surface area contributed by atoms with Gasteiger partial charge in [-0.15, -0.1) is 0 Å². The summed E-state index contributed by atoms with van der Waals surface area (Å²) in [5.74, 6) is -0.334. The van der Waals surface area contributed by atoms with Crippen molar-refractivity contribution in [3.05, 3.63) is 34.7 Å². The van der Waals surface area contributed by atoms with Crippen LogP contribution in [0.2, 0.25) is 5.02 Å². The molecule has 0 saturated carbocycles. The average Bonchev–Trinajstić information content (AvgIpc) is 3.04. The third-order valence-corrected chi connectivity index (χ3v) is 5.48. The minimum absolute atomic E-state index is 0.0492. The van der Waals surface area contributed by atoms with Gasteiger partial charge in [-0.25, -0.2) is 9.18 Å². The minimum atomic E-state index is -0.383. The fourth-order valence-electron chi connectivity index (χ4n) is 3.55. The predicted molar refractivity (Wildman–Crippen MR) is 103 cm³/mol. The van der Waals surface area contributed by atoms with Gasteiger partial charge in [0.05, 0.1) is 5.52 Å².